The van der Waals surface area contributed by atoms with Crippen LogP contribution in [0, 0.1) is 0 Å². The second kappa shape index (κ2) is 40.5. The van der Waals surface area contributed by atoms with Gasteiger partial charge in [-0.2, -0.15) is 0 Å². The SMILES string of the molecule is CC([O-])CC(C)[O-].CC([O-])CC(C)[O-].CC([O-])CC(C)[O-].CC([O-])CC(C)[O-].[O-2].[O-2].[V+4].[V+4].[V+4]. The van der Waals surface area contributed by atoms with Gasteiger partial charge >= 0.3 is 55.7 Å². The second-order valence-corrected chi connectivity index (χ2v) is 7.43. The molecule has 0 aliphatic rings. The van der Waals surface area contributed by atoms with E-state index in [0.717, 1.165) is 0 Å². The summed E-state index contributed by atoms with van der Waals surface area (Å²) >= 11 is 0. The van der Waals surface area contributed by atoms with Crippen LogP contribution in [0.15, 0.2) is 0 Å². The molecule has 0 saturated heterocycles. The topological polar surface area (TPSA) is 241 Å². The quantitative estimate of drug-likeness (QED) is 0.264. The Morgan fingerprint density at radius 2 is 0.364 bits per heavy atom. The average molecular weight is 593 g/mol. The van der Waals surface area contributed by atoms with Crippen molar-refractivity contribution in [2.24, 2.45) is 0 Å². The normalized spacial score (nSPS) is 16.0. The summed E-state index contributed by atoms with van der Waals surface area (Å²) < 4.78 is 0. The fourth-order valence-corrected chi connectivity index (χ4v) is 1.87. The summed E-state index contributed by atoms with van der Waals surface area (Å²) in [6.45, 7) is 12.1. The summed E-state index contributed by atoms with van der Waals surface area (Å²) in [5, 5.41) is 81.1. The van der Waals surface area contributed by atoms with Crippen LogP contribution in [0.5, 0.6) is 0 Å². The summed E-state index contributed by atoms with van der Waals surface area (Å²) in [5.41, 5.74) is 0. The first kappa shape index (κ1) is 59.5. The zero-order valence-electron chi connectivity index (χ0n) is 20.9. The molecule has 0 bridgehead atoms. The Morgan fingerprint density at radius 3 is 0.364 bits per heavy atom. The minimum absolute atomic E-state index is 0. The molecular formula is C20H40O10V3. The monoisotopic (exact) mass is 593 g/mol. The fourth-order valence-electron chi connectivity index (χ4n) is 1.87. The van der Waals surface area contributed by atoms with Crippen molar-refractivity contribution in [2.45, 2.75) is 130 Å². The Bertz CT molecular complexity index is 215. The van der Waals surface area contributed by atoms with Crippen LogP contribution < -0.4 is 40.9 Å². The van der Waals surface area contributed by atoms with Crippen LogP contribution in [0.2, 0.25) is 0 Å². The van der Waals surface area contributed by atoms with Crippen molar-refractivity contribution in [1.29, 1.82) is 0 Å². The van der Waals surface area contributed by atoms with Gasteiger partial charge in [0.1, 0.15) is 0 Å². The molecule has 0 aliphatic carbocycles. The third-order valence-corrected chi connectivity index (χ3v) is 2.66. The molecule has 0 amide bonds. The molecule has 3 radical (unpaired) electrons. The fraction of sp³-hybridized carbons (Fsp3) is 1.00. The van der Waals surface area contributed by atoms with Crippen molar-refractivity contribution in [2.75, 3.05) is 0 Å². The average Bonchev–Trinajstić information content (AvgIpc) is 2.32. The van der Waals surface area contributed by atoms with Crippen LogP contribution in [0.4, 0.5) is 0 Å². The molecule has 0 N–H and O–H groups in total. The Labute approximate surface area is 236 Å². The first-order valence-electron chi connectivity index (χ1n) is 9.77. The van der Waals surface area contributed by atoms with E-state index in [2.05, 4.69) is 0 Å². The molecule has 0 fully saturated rings. The van der Waals surface area contributed by atoms with Gasteiger partial charge in [-0.15, -0.1) is 48.8 Å². The van der Waals surface area contributed by atoms with Gasteiger partial charge in [0.15, 0.2) is 0 Å². The molecule has 13 heteroatoms. The molecule has 8 atom stereocenters. The van der Waals surface area contributed by atoms with E-state index in [0.29, 0.717) is 0 Å². The molecule has 0 aromatic carbocycles. The van der Waals surface area contributed by atoms with Crippen LogP contribution in [0.3, 0.4) is 0 Å². The predicted molar refractivity (Wildman–Crippen MR) is 95.5 cm³/mol. The van der Waals surface area contributed by atoms with Gasteiger partial charge in [0.2, 0.25) is 0 Å². The number of rotatable bonds is 8. The molecule has 0 aromatic heterocycles. The summed E-state index contributed by atoms with van der Waals surface area (Å²) in [6.07, 6.45) is -4.50. The Morgan fingerprint density at radius 1 is 0.303 bits per heavy atom. The van der Waals surface area contributed by atoms with E-state index in [-0.39, 0.29) is 92.3 Å². The van der Waals surface area contributed by atoms with E-state index in [1.807, 2.05) is 0 Å². The van der Waals surface area contributed by atoms with Gasteiger partial charge < -0.3 is 51.8 Å². The third-order valence-electron chi connectivity index (χ3n) is 2.66. The van der Waals surface area contributed by atoms with Crippen molar-refractivity contribution in [3.05, 3.63) is 0 Å². The van der Waals surface area contributed by atoms with Gasteiger partial charge in [-0.25, -0.2) is 0 Å². The van der Waals surface area contributed by atoms with Crippen LogP contribution in [-0.2, 0) is 66.6 Å². The molecule has 8 unspecified atom stereocenters. The van der Waals surface area contributed by atoms with Crippen molar-refractivity contribution in [3.63, 3.8) is 0 Å². The summed E-state index contributed by atoms with van der Waals surface area (Å²) in [7, 11) is 0. The maximum atomic E-state index is 10.1. The minimum Gasteiger partial charge on any atom is -2.00 e. The summed E-state index contributed by atoms with van der Waals surface area (Å²) in [6, 6.07) is 0. The smallest absolute Gasteiger partial charge is 2.00 e. The standard InChI is InChI=1S/4C5H10O2.2O.3V/c4*1-4(6)3-5(2)7;;;;;/h4*4-5H,3H2,1-2H3;;;;;/q6*-2;3*+4. The minimum atomic E-state index is -0.688. The number of hydrogen-bond acceptors (Lipinski definition) is 8. The van der Waals surface area contributed by atoms with Crippen molar-refractivity contribution in [1.82, 2.24) is 0 Å². The maximum Gasteiger partial charge on any atom is 4.00 e. The van der Waals surface area contributed by atoms with Gasteiger partial charge in [-0.3, -0.25) is 0 Å². The van der Waals surface area contributed by atoms with Crippen LogP contribution in [0.1, 0.15) is 81.1 Å². The van der Waals surface area contributed by atoms with Gasteiger partial charge in [-0.05, 0) is 0 Å². The van der Waals surface area contributed by atoms with Gasteiger partial charge in [0, 0.05) is 0 Å². The molecule has 0 aromatic rings. The molecule has 0 aliphatic heterocycles. The van der Waals surface area contributed by atoms with Crippen molar-refractivity contribution >= 4 is 0 Å². The van der Waals surface area contributed by atoms with E-state index >= 15 is 0 Å². The molecule has 33 heavy (non-hydrogen) atoms. The van der Waals surface area contributed by atoms with Crippen LogP contribution in [-0.4, -0.2) is 48.8 Å². The Balaban J connectivity index is -0.0000000316. The first-order chi connectivity index (χ1) is 12.5. The van der Waals surface area contributed by atoms with Crippen molar-refractivity contribution in [3.8, 4) is 0 Å². The van der Waals surface area contributed by atoms with Crippen LogP contribution >= 0.6 is 0 Å². The zero-order valence-corrected chi connectivity index (χ0v) is 25.1. The molecule has 10 nitrogen and oxygen atoms in total. The summed E-state index contributed by atoms with van der Waals surface area (Å²) in [5.74, 6) is 0. The zero-order chi connectivity index (χ0) is 23.4. The van der Waals surface area contributed by atoms with Crippen molar-refractivity contribution < 1.29 is 107 Å². The maximum absolute atomic E-state index is 10.1. The molecule has 0 saturated carbocycles. The Hall–Kier alpha value is 1.35. The van der Waals surface area contributed by atoms with Gasteiger partial charge in [0.25, 0.3) is 0 Å². The Kier molecular flexibility index (Phi) is 73.0. The van der Waals surface area contributed by atoms with E-state index < -0.39 is 48.8 Å². The molecule has 0 rings (SSSR count). The van der Waals surface area contributed by atoms with Gasteiger partial charge in [-0.1, -0.05) is 81.1 Å². The second-order valence-electron chi connectivity index (χ2n) is 7.43. The van der Waals surface area contributed by atoms with E-state index in [4.69, 9.17) is 0 Å². The first-order valence-corrected chi connectivity index (χ1v) is 9.77. The molecule has 195 valence electrons. The van der Waals surface area contributed by atoms with E-state index in [1.165, 1.54) is 55.4 Å². The molecule has 0 heterocycles. The van der Waals surface area contributed by atoms with Gasteiger partial charge in [0.05, 0.1) is 0 Å². The number of hydrogen-bond donors (Lipinski definition) is 0. The van der Waals surface area contributed by atoms with E-state index in [1.54, 1.807) is 0 Å². The largest absolute Gasteiger partial charge is 4.00 e. The predicted octanol–water partition coefficient (Wildman–Crippen LogP) is -4.75. The molecule has 0 spiro atoms. The molecular weight excluding hydrogens is 553 g/mol. The van der Waals surface area contributed by atoms with Crippen LogP contribution in [0.25, 0.3) is 0 Å². The van der Waals surface area contributed by atoms with E-state index in [9.17, 15) is 40.9 Å². The third kappa shape index (κ3) is 109. The summed E-state index contributed by atoms with van der Waals surface area (Å²) in [4.78, 5) is 0.